The molecule has 1 aromatic rings. The van der Waals surface area contributed by atoms with Gasteiger partial charge in [-0.3, -0.25) is 4.79 Å². The van der Waals surface area contributed by atoms with Crippen LogP contribution >= 0.6 is 23.2 Å². The van der Waals surface area contributed by atoms with Crippen LogP contribution in [0.25, 0.3) is 0 Å². The van der Waals surface area contributed by atoms with E-state index in [2.05, 4.69) is 0 Å². The van der Waals surface area contributed by atoms with Gasteiger partial charge < -0.3 is 9.47 Å². The molecule has 0 bridgehead atoms. The molecule has 0 heterocycles. The van der Waals surface area contributed by atoms with Crippen LogP contribution in [0, 0.1) is 5.92 Å². The Labute approximate surface area is 128 Å². The Bertz CT molecular complexity index is 489. The van der Waals surface area contributed by atoms with E-state index in [0.717, 1.165) is 0 Å². The van der Waals surface area contributed by atoms with Crippen LogP contribution < -0.4 is 4.74 Å². The van der Waals surface area contributed by atoms with Crippen LogP contribution in [-0.4, -0.2) is 18.5 Å². The number of carbonyl (C=O) groups excluding carboxylic acids is 2. The monoisotopic (exact) mass is 318 g/mol. The number of rotatable bonds is 5. The quantitative estimate of drug-likeness (QED) is 0.600. The zero-order valence-corrected chi connectivity index (χ0v) is 13.0. The predicted octanol–water partition coefficient (Wildman–Crippen LogP) is 4.30. The summed E-state index contributed by atoms with van der Waals surface area (Å²) < 4.78 is 9.86. The maximum atomic E-state index is 11.5. The van der Waals surface area contributed by atoms with E-state index in [1.54, 1.807) is 12.1 Å². The Kier molecular flexibility index (Phi) is 6.30. The molecule has 0 unspecified atom stereocenters. The highest BCUT2D eigenvalue weighted by molar-refractivity contribution is 6.37. The maximum Gasteiger partial charge on any atom is 0.513 e. The smallest absolute Gasteiger partial charge is 0.434 e. The summed E-state index contributed by atoms with van der Waals surface area (Å²) in [5.41, 5.74) is 0.662. The van der Waals surface area contributed by atoms with Crippen LogP contribution in [0.3, 0.4) is 0 Å². The average molecular weight is 319 g/mol. The van der Waals surface area contributed by atoms with E-state index in [1.807, 2.05) is 13.8 Å². The number of Topliss-reactive ketones (excluding diaryl/α,β-unsaturated/α-hetero) is 1. The van der Waals surface area contributed by atoms with Crippen LogP contribution in [-0.2, 0) is 16.0 Å². The lowest BCUT2D eigenvalue weighted by molar-refractivity contribution is -0.116. The Balaban J connectivity index is 2.80. The van der Waals surface area contributed by atoms with Gasteiger partial charge in [0.15, 0.2) is 5.75 Å². The summed E-state index contributed by atoms with van der Waals surface area (Å²) in [5, 5.41) is 0.325. The van der Waals surface area contributed by atoms with E-state index >= 15 is 0 Å². The summed E-state index contributed by atoms with van der Waals surface area (Å²) in [6, 6.07) is 3.08. The molecule has 0 fully saturated rings. The zero-order chi connectivity index (χ0) is 15.3. The molecule has 0 saturated carbocycles. The first-order chi connectivity index (χ1) is 9.29. The van der Waals surface area contributed by atoms with Crippen LogP contribution in [0.2, 0.25) is 10.0 Å². The summed E-state index contributed by atoms with van der Waals surface area (Å²) in [6.45, 7) is 5.53. The molecule has 110 valence electrons. The molecule has 0 atom stereocenters. The Morgan fingerprint density at radius 3 is 2.20 bits per heavy atom. The van der Waals surface area contributed by atoms with Gasteiger partial charge in [-0.05, 0) is 30.5 Å². The van der Waals surface area contributed by atoms with Crippen LogP contribution in [0.4, 0.5) is 4.79 Å². The zero-order valence-electron chi connectivity index (χ0n) is 11.5. The van der Waals surface area contributed by atoms with Gasteiger partial charge in [0.05, 0.1) is 16.7 Å². The second-order valence-electron chi connectivity index (χ2n) is 4.82. The number of carbonyl (C=O) groups is 2. The predicted molar refractivity (Wildman–Crippen MR) is 77.7 cm³/mol. The molecule has 20 heavy (non-hydrogen) atoms. The molecule has 4 nitrogen and oxygen atoms in total. The number of halogens is 2. The first kappa shape index (κ1) is 16.8. The lowest BCUT2D eigenvalue weighted by Gasteiger charge is -2.11. The lowest BCUT2D eigenvalue weighted by atomic mass is 10.1. The van der Waals surface area contributed by atoms with E-state index in [9.17, 15) is 9.59 Å². The highest BCUT2D eigenvalue weighted by atomic mass is 35.5. The molecule has 0 aliphatic carbocycles. The minimum atomic E-state index is -0.859. The molecule has 0 N–H and O–H groups in total. The third-order valence-corrected chi connectivity index (χ3v) is 2.79. The first-order valence-corrected chi connectivity index (χ1v) is 6.87. The summed E-state index contributed by atoms with van der Waals surface area (Å²) >= 11 is 12.0. The SMILES string of the molecule is CC(=O)Cc1cc(Cl)c(OC(=O)OCC(C)C)c(Cl)c1. The molecule has 0 radical (unpaired) electrons. The van der Waals surface area contributed by atoms with Gasteiger partial charge in [-0.15, -0.1) is 0 Å². The fourth-order valence-corrected chi connectivity index (χ4v) is 2.06. The minimum absolute atomic E-state index is 0.0119. The third kappa shape index (κ3) is 5.39. The molecule has 0 amide bonds. The van der Waals surface area contributed by atoms with Crippen molar-refractivity contribution in [3.8, 4) is 5.75 Å². The van der Waals surface area contributed by atoms with Gasteiger partial charge in [-0.1, -0.05) is 37.0 Å². The second kappa shape index (κ2) is 7.50. The largest absolute Gasteiger partial charge is 0.513 e. The van der Waals surface area contributed by atoms with Crippen molar-refractivity contribution in [1.82, 2.24) is 0 Å². The van der Waals surface area contributed by atoms with Crippen molar-refractivity contribution in [1.29, 1.82) is 0 Å². The van der Waals surface area contributed by atoms with Gasteiger partial charge in [0.2, 0.25) is 0 Å². The van der Waals surface area contributed by atoms with Gasteiger partial charge in [0, 0.05) is 6.42 Å². The molecule has 1 aromatic carbocycles. The van der Waals surface area contributed by atoms with Crippen molar-refractivity contribution in [3.63, 3.8) is 0 Å². The summed E-state index contributed by atoms with van der Waals surface area (Å²) in [6.07, 6.45) is -0.640. The van der Waals surface area contributed by atoms with Crippen molar-refractivity contribution < 1.29 is 19.1 Å². The number of benzene rings is 1. The third-order valence-electron chi connectivity index (χ3n) is 2.23. The van der Waals surface area contributed by atoms with Gasteiger partial charge in [0.25, 0.3) is 0 Å². The lowest BCUT2D eigenvalue weighted by Crippen LogP contribution is -2.14. The van der Waals surface area contributed by atoms with Gasteiger partial charge in [-0.2, -0.15) is 0 Å². The molecule has 1 rings (SSSR count). The van der Waals surface area contributed by atoms with E-state index in [-0.39, 0.29) is 40.5 Å². The maximum absolute atomic E-state index is 11.5. The number of hydrogen-bond donors (Lipinski definition) is 0. The van der Waals surface area contributed by atoms with Crippen molar-refractivity contribution >= 4 is 35.1 Å². The topological polar surface area (TPSA) is 52.6 Å². The second-order valence-corrected chi connectivity index (χ2v) is 5.64. The standard InChI is InChI=1S/C14H16Cl2O4/c1-8(2)7-19-14(18)20-13-11(15)5-10(4-9(3)17)6-12(13)16/h5-6,8H,4,7H2,1-3H3. The van der Waals surface area contributed by atoms with Crippen LogP contribution in [0.15, 0.2) is 12.1 Å². The van der Waals surface area contributed by atoms with Gasteiger partial charge >= 0.3 is 6.16 Å². The van der Waals surface area contributed by atoms with Gasteiger partial charge in [-0.25, -0.2) is 4.79 Å². The number of ether oxygens (including phenoxy) is 2. The molecule has 0 saturated heterocycles. The number of ketones is 1. The Hall–Kier alpha value is -1.26. The van der Waals surface area contributed by atoms with Crippen molar-refractivity contribution in [2.75, 3.05) is 6.61 Å². The Morgan fingerprint density at radius 1 is 1.20 bits per heavy atom. The fraction of sp³-hybridized carbons (Fsp3) is 0.429. The number of hydrogen-bond acceptors (Lipinski definition) is 4. The van der Waals surface area contributed by atoms with Crippen LogP contribution in [0.5, 0.6) is 5.75 Å². The molecule has 6 heteroatoms. The van der Waals surface area contributed by atoms with E-state index in [4.69, 9.17) is 32.7 Å². The molecular formula is C14H16Cl2O4. The summed E-state index contributed by atoms with van der Waals surface area (Å²) in [7, 11) is 0. The normalized spacial score (nSPS) is 10.5. The molecular weight excluding hydrogens is 303 g/mol. The van der Waals surface area contributed by atoms with Crippen molar-refractivity contribution in [2.45, 2.75) is 27.2 Å². The van der Waals surface area contributed by atoms with Crippen molar-refractivity contribution in [3.05, 3.63) is 27.7 Å². The fourth-order valence-electron chi connectivity index (χ4n) is 1.45. The average Bonchev–Trinajstić information content (AvgIpc) is 2.30. The van der Waals surface area contributed by atoms with Gasteiger partial charge in [0.1, 0.15) is 5.78 Å². The summed E-state index contributed by atoms with van der Waals surface area (Å²) in [4.78, 5) is 22.5. The highest BCUT2D eigenvalue weighted by Gasteiger charge is 2.15. The molecule has 0 aliphatic rings. The Morgan fingerprint density at radius 2 is 1.75 bits per heavy atom. The molecule has 0 aromatic heterocycles. The van der Waals surface area contributed by atoms with Crippen LogP contribution in [0.1, 0.15) is 26.3 Å². The van der Waals surface area contributed by atoms with E-state index in [0.29, 0.717) is 5.56 Å². The van der Waals surface area contributed by atoms with E-state index in [1.165, 1.54) is 6.92 Å². The van der Waals surface area contributed by atoms with E-state index < -0.39 is 6.16 Å². The minimum Gasteiger partial charge on any atom is -0.434 e. The first-order valence-electron chi connectivity index (χ1n) is 6.11. The highest BCUT2D eigenvalue weighted by Crippen LogP contribution is 2.34. The molecule has 0 aliphatic heterocycles. The van der Waals surface area contributed by atoms with Crippen molar-refractivity contribution in [2.24, 2.45) is 5.92 Å². The summed E-state index contributed by atoms with van der Waals surface area (Å²) in [5.74, 6) is 0.225. The molecule has 0 spiro atoms.